The minimum absolute atomic E-state index is 0.0795. The van der Waals surface area contributed by atoms with Crippen LogP contribution in [0.5, 0.6) is 0 Å². The summed E-state index contributed by atoms with van der Waals surface area (Å²) in [6, 6.07) is 8.07. The summed E-state index contributed by atoms with van der Waals surface area (Å²) >= 11 is 0. The van der Waals surface area contributed by atoms with Gasteiger partial charge in [0.15, 0.2) is 0 Å². The maximum Gasteiger partial charge on any atom is 0.355 e. The molecule has 0 aliphatic carbocycles. The summed E-state index contributed by atoms with van der Waals surface area (Å²) in [5.41, 5.74) is -1.63. The maximum absolute atomic E-state index is 14.7. The number of nitrogens with one attached hydrogen (secondary N) is 2. The molecule has 2 N–H and O–H groups in total. The number of benzene rings is 1. The number of halogens is 3. The lowest BCUT2D eigenvalue weighted by atomic mass is 9.99. The third-order valence-electron chi connectivity index (χ3n) is 4.22. The van der Waals surface area contributed by atoms with Crippen LogP contribution in [0.1, 0.15) is 22.4 Å². The number of nitrogens with zero attached hydrogens (tertiary/aromatic N) is 2. The lowest BCUT2D eigenvalue weighted by Gasteiger charge is -2.18. The van der Waals surface area contributed by atoms with Crippen LogP contribution in [-0.4, -0.2) is 15.9 Å². The predicted molar refractivity (Wildman–Crippen MR) is 94.0 cm³/mol. The molecular formula is C19H13F3N4O2. The average molecular weight is 386 g/mol. The number of hydrogen-bond donors (Lipinski definition) is 2. The molecule has 0 spiro atoms. The fourth-order valence-corrected chi connectivity index (χ4v) is 2.79. The smallest absolute Gasteiger partial charge is 0.345 e. The van der Waals surface area contributed by atoms with Crippen molar-refractivity contribution in [2.24, 2.45) is 0 Å². The molecule has 1 aromatic carbocycles. The zero-order chi connectivity index (χ0) is 20.5. The standard InChI is InChI=1S/C19H13F3N4O2/c1-10-14-6-12(20)3-5-15(14)26-17(27)16(10)19(21,22)18(28)25-9-13-4-2-11(7-23)8-24-13/h2-6,8H,9H2,1H3,(H,25,28)(H,26,27). The van der Waals surface area contributed by atoms with Gasteiger partial charge in [-0.1, -0.05) is 0 Å². The molecule has 3 rings (SSSR count). The number of amides is 1. The van der Waals surface area contributed by atoms with Crippen LogP contribution in [0.2, 0.25) is 0 Å². The molecule has 0 atom stereocenters. The largest absolute Gasteiger partial charge is 0.355 e. The topological polar surface area (TPSA) is 98.6 Å². The molecule has 9 heteroatoms. The van der Waals surface area contributed by atoms with Crippen LogP contribution in [-0.2, 0) is 17.3 Å². The Kier molecular flexibility index (Phi) is 4.88. The van der Waals surface area contributed by atoms with Gasteiger partial charge in [0.25, 0.3) is 11.5 Å². The summed E-state index contributed by atoms with van der Waals surface area (Å²) in [5, 5.41) is 10.8. The molecule has 0 unspecified atom stereocenters. The van der Waals surface area contributed by atoms with Gasteiger partial charge in [-0.3, -0.25) is 14.6 Å². The van der Waals surface area contributed by atoms with Crippen molar-refractivity contribution in [3.63, 3.8) is 0 Å². The van der Waals surface area contributed by atoms with Crippen LogP contribution < -0.4 is 10.9 Å². The van der Waals surface area contributed by atoms with Gasteiger partial charge in [-0.15, -0.1) is 0 Å². The highest BCUT2D eigenvalue weighted by atomic mass is 19.3. The van der Waals surface area contributed by atoms with Crippen LogP contribution in [0.25, 0.3) is 10.9 Å². The number of aryl methyl sites for hydroxylation is 1. The molecule has 0 fully saturated rings. The van der Waals surface area contributed by atoms with Gasteiger partial charge in [-0.2, -0.15) is 14.0 Å². The number of aromatic nitrogens is 2. The molecule has 0 saturated heterocycles. The van der Waals surface area contributed by atoms with Gasteiger partial charge < -0.3 is 10.3 Å². The average Bonchev–Trinajstić information content (AvgIpc) is 2.67. The van der Waals surface area contributed by atoms with Crippen LogP contribution in [0, 0.1) is 24.1 Å². The second-order valence-corrected chi connectivity index (χ2v) is 6.05. The van der Waals surface area contributed by atoms with Gasteiger partial charge in [0.2, 0.25) is 0 Å². The van der Waals surface area contributed by atoms with Crippen LogP contribution in [0.4, 0.5) is 13.2 Å². The van der Waals surface area contributed by atoms with Crippen molar-refractivity contribution in [1.82, 2.24) is 15.3 Å². The van der Waals surface area contributed by atoms with Gasteiger partial charge in [0, 0.05) is 17.1 Å². The molecule has 3 aromatic rings. The third-order valence-corrected chi connectivity index (χ3v) is 4.22. The zero-order valence-corrected chi connectivity index (χ0v) is 14.5. The van der Waals surface area contributed by atoms with Crippen molar-refractivity contribution < 1.29 is 18.0 Å². The number of aromatic amines is 1. The summed E-state index contributed by atoms with van der Waals surface area (Å²) in [5.74, 6) is -6.50. The summed E-state index contributed by atoms with van der Waals surface area (Å²) in [4.78, 5) is 30.4. The highest BCUT2D eigenvalue weighted by molar-refractivity contribution is 5.89. The quantitative estimate of drug-likeness (QED) is 0.720. The van der Waals surface area contributed by atoms with Crippen molar-refractivity contribution in [2.45, 2.75) is 19.4 Å². The molecule has 142 valence electrons. The summed E-state index contributed by atoms with van der Waals surface area (Å²) in [6.07, 6.45) is 1.24. The van der Waals surface area contributed by atoms with Crippen LogP contribution >= 0.6 is 0 Å². The van der Waals surface area contributed by atoms with Crippen LogP contribution in [0.3, 0.4) is 0 Å². The number of carbonyl (C=O) groups is 1. The van der Waals surface area contributed by atoms with Gasteiger partial charge in [-0.05, 0) is 42.8 Å². The molecule has 0 aliphatic heterocycles. The van der Waals surface area contributed by atoms with Crippen LogP contribution in [0.15, 0.2) is 41.3 Å². The predicted octanol–water partition coefficient (Wildman–Crippen LogP) is 2.65. The Hall–Kier alpha value is -3.67. The van der Waals surface area contributed by atoms with Gasteiger partial charge in [0.1, 0.15) is 11.9 Å². The fraction of sp³-hybridized carbons (Fsp3) is 0.158. The van der Waals surface area contributed by atoms with E-state index in [9.17, 15) is 22.8 Å². The first-order valence-electron chi connectivity index (χ1n) is 8.08. The molecule has 0 bridgehead atoms. The van der Waals surface area contributed by atoms with Crippen molar-refractivity contribution in [1.29, 1.82) is 5.26 Å². The molecule has 2 aromatic heterocycles. The molecule has 1 amide bonds. The second kappa shape index (κ2) is 7.15. The minimum atomic E-state index is -4.15. The Labute approximate surface area is 156 Å². The first-order chi connectivity index (χ1) is 13.2. The Morgan fingerprint density at radius 2 is 2.07 bits per heavy atom. The number of nitriles is 1. The van der Waals surface area contributed by atoms with E-state index in [0.717, 1.165) is 12.1 Å². The number of alkyl halides is 2. The molecule has 28 heavy (non-hydrogen) atoms. The normalized spacial score (nSPS) is 11.2. The van der Waals surface area contributed by atoms with Crippen molar-refractivity contribution >= 4 is 16.8 Å². The molecule has 0 aliphatic rings. The minimum Gasteiger partial charge on any atom is -0.345 e. The molecule has 0 saturated carbocycles. The fourth-order valence-electron chi connectivity index (χ4n) is 2.79. The highest BCUT2D eigenvalue weighted by Crippen LogP contribution is 2.31. The summed E-state index contributed by atoms with van der Waals surface area (Å²) in [6.45, 7) is 0.912. The van der Waals surface area contributed by atoms with E-state index in [-0.39, 0.29) is 34.3 Å². The van der Waals surface area contributed by atoms with E-state index in [0.29, 0.717) is 0 Å². The van der Waals surface area contributed by atoms with E-state index >= 15 is 0 Å². The Morgan fingerprint density at radius 1 is 1.32 bits per heavy atom. The monoisotopic (exact) mass is 386 g/mol. The number of pyridine rings is 2. The number of hydrogen-bond acceptors (Lipinski definition) is 4. The summed E-state index contributed by atoms with van der Waals surface area (Å²) < 4.78 is 42.9. The zero-order valence-electron chi connectivity index (χ0n) is 14.5. The van der Waals surface area contributed by atoms with Crippen molar-refractivity contribution in [3.8, 4) is 6.07 Å². The Morgan fingerprint density at radius 3 is 2.71 bits per heavy atom. The van der Waals surface area contributed by atoms with Crippen molar-refractivity contribution in [3.05, 3.63) is 75.1 Å². The second-order valence-electron chi connectivity index (χ2n) is 6.05. The molecule has 2 heterocycles. The Balaban J connectivity index is 1.91. The molecule has 0 radical (unpaired) electrons. The number of rotatable bonds is 4. The lowest BCUT2D eigenvalue weighted by molar-refractivity contribution is -0.147. The van der Waals surface area contributed by atoms with Gasteiger partial charge >= 0.3 is 5.92 Å². The van der Waals surface area contributed by atoms with E-state index in [4.69, 9.17) is 5.26 Å². The highest BCUT2D eigenvalue weighted by Gasteiger charge is 2.44. The Bertz CT molecular complexity index is 1160. The first-order valence-corrected chi connectivity index (χ1v) is 8.08. The summed E-state index contributed by atoms with van der Waals surface area (Å²) in [7, 11) is 0. The lowest BCUT2D eigenvalue weighted by Crippen LogP contribution is -2.41. The molecule has 6 nitrogen and oxygen atoms in total. The molecular weight excluding hydrogens is 373 g/mol. The SMILES string of the molecule is Cc1c(C(F)(F)C(=O)NCc2ccc(C#N)cn2)c(=O)[nH]c2ccc(F)cc12. The number of H-pyrrole nitrogens is 1. The van der Waals surface area contributed by atoms with E-state index < -0.39 is 28.8 Å². The number of fused-ring (bicyclic) bond motifs is 1. The van der Waals surface area contributed by atoms with E-state index in [1.54, 1.807) is 0 Å². The first kappa shape index (κ1) is 19.1. The van der Waals surface area contributed by atoms with E-state index in [1.807, 2.05) is 11.4 Å². The third kappa shape index (κ3) is 3.44. The maximum atomic E-state index is 14.7. The van der Waals surface area contributed by atoms with Crippen molar-refractivity contribution in [2.75, 3.05) is 0 Å². The van der Waals surface area contributed by atoms with E-state index in [1.165, 1.54) is 31.3 Å². The number of carbonyl (C=O) groups excluding carboxylic acids is 1. The van der Waals surface area contributed by atoms with E-state index in [2.05, 4.69) is 9.97 Å². The van der Waals surface area contributed by atoms with Gasteiger partial charge in [-0.25, -0.2) is 4.39 Å². The van der Waals surface area contributed by atoms with Gasteiger partial charge in [0.05, 0.1) is 23.4 Å².